The Balaban J connectivity index is 0.949. The molecule has 0 unspecified atom stereocenters. The minimum absolute atomic E-state index is 1.06. The molecule has 0 saturated heterocycles. The van der Waals surface area contributed by atoms with Crippen molar-refractivity contribution in [3.8, 4) is 33.4 Å². The van der Waals surface area contributed by atoms with Gasteiger partial charge in [-0.15, -0.1) is 0 Å². The summed E-state index contributed by atoms with van der Waals surface area (Å²) in [6.07, 6.45) is 6.81. The van der Waals surface area contributed by atoms with E-state index in [2.05, 4.69) is 158 Å². The predicted octanol–water partition coefficient (Wildman–Crippen LogP) is 14.3. The summed E-state index contributed by atoms with van der Waals surface area (Å²) in [5.74, 6) is 0. The van der Waals surface area contributed by atoms with Crippen molar-refractivity contribution < 1.29 is 0 Å². The van der Waals surface area contributed by atoms with Crippen molar-refractivity contribution in [1.82, 2.24) is 0 Å². The molecule has 3 aliphatic rings. The Labute approximate surface area is 300 Å². The Morgan fingerprint density at radius 2 is 0.880 bits per heavy atom. The van der Waals surface area contributed by atoms with E-state index in [1.165, 1.54) is 108 Å². The Bertz CT molecular complexity index is 2810. The lowest BCUT2D eigenvalue weighted by atomic mass is 9.87. The molecule has 0 nitrogen and oxygen atoms in total. The van der Waals surface area contributed by atoms with Gasteiger partial charge in [-0.25, -0.2) is 0 Å². The zero-order chi connectivity index (χ0) is 32.8. The summed E-state index contributed by atoms with van der Waals surface area (Å²) >= 11 is 3.85. The number of allylic oxidation sites excluding steroid dienone is 4. The van der Waals surface area contributed by atoms with Gasteiger partial charge in [-0.05, 0) is 120 Å². The van der Waals surface area contributed by atoms with Gasteiger partial charge in [0, 0.05) is 30.4 Å². The third-order valence-electron chi connectivity index (χ3n) is 10.8. The van der Waals surface area contributed by atoms with E-state index in [1.54, 1.807) is 0 Å². The molecule has 2 heterocycles. The summed E-state index contributed by atoms with van der Waals surface area (Å²) in [5, 5.41) is 7.99. The second-order valence-electron chi connectivity index (χ2n) is 13.6. The highest BCUT2D eigenvalue weighted by atomic mass is 32.2. The van der Waals surface area contributed by atoms with E-state index in [0.717, 1.165) is 12.8 Å². The van der Waals surface area contributed by atoms with Crippen LogP contribution in [0.1, 0.15) is 24.0 Å². The molecule has 0 fully saturated rings. The maximum Gasteiger partial charge on any atom is 0.0208 e. The fraction of sp³-hybridized carbons (Fsp3) is 0.0417. The van der Waals surface area contributed by atoms with E-state index >= 15 is 0 Å². The average molecular weight is 671 g/mol. The van der Waals surface area contributed by atoms with E-state index in [9.17, 15) is 0 Å². The Morgan fingerprint density at radius 3 is 1.58 bits per heavy atom. The van der Waals surface area contributed by atoms with Gasteiger partial charge in [-0.3, -0.25) is 0 Å². The van der Waals surface area contributed by atoms with E-state index in [1.807, 2.05) is 23.5 Å². The van der Waals surface area contributed by atoms with Gasteiger partial charge in [0.1, 0.15) is 0 Å². The first kappa shape index (κ1) is 28.5. The van der Waals surface area contributed by atoms with E-state index in [0.29, 0.717) is 0 Å². The number of benzene rings is 8. The van der Waals surface area contributed by atoms with Crippen LogP contribution in [0.25, 0.3) is 76.8 Å². The first-order valence-corrected chi connectivity index (χ1v) is 19.0. The first-order valence-electron chi connectivity index (χ1n) is 17.4. The minimum atomic E-state index is 1.06. The molecule has 0 saturated carbocycles. The molecule has 50 heavy (non-hydrogen) atoms. The molecule has 234 valence electrons. The van der Waals surface area contributed by atoms with Crippen LogP contribution in [0.4, 0.5) is 0 Å². The van der Waals surface area contributed by atoms with Crippen molar-refractivity contribution in [3.05, 3.63) is 169 Å². The van der Waals surface area contributed by atoms with Crippen LogP contribution in [-0.2, 0) is 0 Å². The van der Waals surface area contributed by atoms with E-state index in [-0.39, 0.29) is 0 Å². The lowest BCUT2D eigenvalue weighted by molar-refractivity contribution is 1.07. The molecule has 8 aromatic rings. The second-order valence-corrected chi connectivity index (χ2v) is 15.7. The molecule has 0 spiro atoms. The highest BCUT2D eigenvalue weighted by Crippen LogP contribution is 2.56. The van der Waals surface area contributed by atoms with Crippen LogP contribution < -0.4 is 0 Å². The molecule has 0 N–H and O–H groups in total. The zero-order valence-corrected chi connectivity index (χ0v) is 28.9. The molecule has 2 aliphatic heterocycles. The largest absolute Gasteiger partial charge is 0.0887 e. The number of hydrogen-bond acceptors (Lipinski definition) is 2. The fourth-order valence-corrected chi connectivity index (χ4v) is 10.6. The highest BCUT2D eigenvalue weighted by Gasteiger charge is 2.27. The Morgan fingerprint density at radius 1 is 0.340 bits per heavy atom. The monoisotopic (exact) mass is 670 g/mol. The molecule has 0 atom stereocenters. The lowest BCUT2D eigenvalue weighted by Gasteiger charge is -2.27. The van der Waals surface area contributed by atoms with Crippen molar-refractivity contribution in [2.24, 2.45) is 0 Å². The third-order valence-corrected chi connectivity index (χ3v) is 13.0. The quantitative estimate of drug-likeness (QED) is 0.183. The number of fused-ring (bicyclic) bond motifs is 6. The van der Waals surface area contributed by atoms with Crippen LogP contribution in [0.15, 0.2) is 177 Å². The van der Waals surface area contributed by atoms with Crippen molar-refractivity contribution in [2.45, 2.75) is 32.4 Å². The zero-order valence-electron chi connectivity index (χ0n) is 27.2. The molecular weight excluding hydrogens is 641 g/mol. The SMILES string of the molecule is C1=C(c2ccc3c(c2)Sc2ccc4c5c(ccc-3c25)-c2ccc(-c3cccc5ccccc35)cc2S4)CCC(c2ccc3ccccc3c2)=C1. The number of hydrogen-bond donors (Lipinski definition) is 0. The smallest absolute Gasteiger partial charge is 0.0208 e. The van der Waals surface area contributed by atoms with Crippen LogP contribution in [-0.4, -0.2) is 0 Å². The normalized spacial score (nSPS) is 14.3. The maximum absolute atomic E-state index is 2.43. The van der Waals surface area contributed by atoms with Gasteiger partial charge in [0.15, 0.2) is 0 Å². The molecule has 1 aliphatic carbocycles. The molecule has 2 heteroatoms. The van der Waals surface area contributed by atoms with Gasteiger partial charge in [-0.2, -0.15) is 0 Å². The summed E-state index contributed by atoms with van der Waals surface area (Å²) in [7, 11) is 0. The van der Waals surface area contributed by atoms with Gasteiger partial charge in [-0.1, -0.05) is 151 Å². The van der Waals surface area contributed by atoms with Gasteiger partial charge in [0.2, 0.25) is 0 Å². The molecular formula is C48H30S2. The van der Waals surface area contributed by atoms with Crippen molar-refractivity contribution >= 4 is 67.0 Å². The highest BCUT2D eigenvalue weighted by molar-refractivity contribution is 8.00. The fourth-order valence-electron chi connectivity index (χ4n) is 8.30. The van der Waals surface area contributed by atoms with Crippen molar-refractivity contribution in [1.29, 1.82) is 0 Å². The van der Waals surface area contributed by atoms with E-state index < -0.39 is 0 Å². The molecule has 0 bridgehead atoms. The standard InChI is InChI=1S/C48H30S2/c1-2-8-33-26-34(17-16-29(33)6-1)30-12-14-31(15-13-30)35-18-20-39-41-22-23-42-40-21-19-36(38-11-5-9-32-7-3-4-10-37(32)38)28-46(40)50-44-25-24-43(47(41)48(42)44)49-45(39)27-35/h1-12,14,16-28H,13,15H2. The van der Waals surface area contributed by atoms with Crippen LogP contribution in [0.3, 0.4) is 0 Å². The van der Waals surface area contributed by atoms with Gasteiger partial charge in [0.05, 0.1) is 0 Å². The molecule has 11 rings (SSSR count). The third kappa shape index (κ3) is 4.42. The number of rotatable bonds is 3. The lowest BCUT2D eigenvalue weighted by Crippen LogP contribution is -2.00. The predicted molar refractivity (Wildman–Crippen MR) is 215 cm³/mol. The molecule has 8 aromatic carbocycles. The van der Waals surface area contributed by atoms with Crippen molar-refractivity contribution in [2.75, 3.05) is 0 Å². The Kier molecular flexibility index (Phi) is 6.35. The summed E-state index contributed by atoms with van der Waals surface area (Å²) < 4.78 is 0. The van der Waals surface area contributed by atoms with Crippen molar-refractivity contribution in [3.63, 3.8) is 0 Å². The molecule has 0 aromatic heterocycles. The topological polar surface area (TPSA) is 0 Å². The molecule has 0 amide bonds. The average Bonchev–Trinajstić information content (AvgIpc) is 3.18. The summed E-state index contributed by atoms with van der Waals surface area (Å²) in [4.78, 5) is 5.40. The van der Waals surface area contributed by atoms with Crippen LogP contribution in [0.5, 0.6) is 0 Å². The first-order chi connectivity index (χ1) is 24.7. The minimum Gasteiger partial charge on any atom is -0.0887 e. The maximum atomic E-state index is 2.43. The van der Waals surface area contributed by atoms with Gasteiger partial charge >= 0.3 is 0 Å². The Hall–Kier alpha value is -5.28. The summed E-state index contributed by atoms with van der Waals surface area (Å²) in [5.41, 5.74) is 13.5. The van der Waals surface area contributed by atoms with Crippen LogP contribution in [0, 0.1) is 0 Å². The van der Waals surface area contributed by atoms with Crippen LogP contribution in [0.2, 0.25) is 0 Å². The van der Waals surface area contributed by atoms with Gasteiger partial charge < -0.3 is 0 Å². The second kappa shape index (κ2) is 11.1. The molecule has 0 radical (unpaired) electrons. The van der Waals surface area contributed by atoms with Crippen LogP contribution >= 0.6 is 23.5 Å². The van der Waals surface area contributed by atoms with Gasteiger partial charge in [0.25, 0.3) is 0 Å². The van der Waals surface area contributed by atoms with E-state index in [4.69, 9.17) is 0 Å². The summed E-state index contributed by atoms with van der Waals surface area (Å²) in [6.45, 7) is 0. The summed E-state index contributed by atoms with van der Waals surface area (Å²) in [6, 6.07) is 54.5.